The van der Waals surface area contributed by atoms with Crippen molar-refractivity contribution in [3.63, 3.8) is 0 Å². The molecule has 0 saturated carbocycles. The van der Waals surface area contributed by atoms with Gasteiger partial charge in [0.05, 0.1) is 7.11 Å². The van der Waals surface area contributed by atoms with Crippen molar-refractivity contribution in [1.82, 2.24) is 0 Å². The molecule has 1 amide bonds. The van der Waals surface area contributed by atoms with Crippen LogP contribution in [0.25, 0.3) is 6.08 Å². The monoisotopic (exact) mass is 310 g/mol. The number of nitrogens with zero attached hydrogens (tertiary/aromatic N) is 1. The summed E-state index contributed by atoms with van der Waals surface area (Å²) in [6.07, 6.45) is 1.26. The number of carbonyl (C=O) groups is 1. The number of methoxy groups -OCH3 is 1. The van der Waals surface area contributed by atoms with Gasteiger partial charge in [-0.05, 0) is 36.4 Å². The van der Waals surface area contributed by atoms with Crippen LogP contribution in [0.4, 0.5) is 5.69 Å². The first-order chi connectivity index (χ1) is 11.0. The first kappa shape index (κ1) is 15.9. The molecular weight excluding hydrogens is 296 g/mol. The molecule has 6 nitrogen and oxygen atoms in total. The van der Waals surface area contributed by atoms with E-state index in [1.54, 1.807) is 24.3 Å². The summed E-state index contributed by atoms with van der Waals surface area (Å²) in [4.78, 5) is 12.1. The molecule has 0 heterocycles. The summed E-state index contributed by atoms with van der Waals surface area (Å²) in [5.74, 6) is -0.250. The quantitative estimate of drug-likeness (QED) is 0.595. The molecule has 0 spiro atoms. The highest BCUT2D eigenvalue weighted by Crippen LogP contribution is 2.25. The minimum absolute atomic E-state index is 0.00396. The van der Waals surface area contributed by atoms with Crippen molar-refractivity contribution < 1.29 is 19.7 Å². The summed E-state index contributed by atoms with van der Waals surface area (Å²) in [5.41, 5.74) is 0.440. The zero-order valence-corrected chi connectivity index (χ0v) is 12.3. The SMILES string of the molecule is COc1ccc(O)c(/C=C(\C#N)C(=O)Nc2cccc(O)c2)c1. The number of nitriles is 1. The highest BCUT2D eigenvalue weighted by molar-refractivity contribution is 6.09. The number of benzene rings is 2. The van der Waals surface area contributed by atoms with E-state index in [0.29, 0.717) is 11.4 Å². The van der Waals surface area contributed by atoms with Crippen molar-refractivity contribution in [3.8, 4) is 23.3 Å². The van der Waals surface area contributed by atoms with Gasteiger partial charge in [0.15, 0.2) is 0 Å². The number of hydrogen-bond acceptors (Lipinski definition) is 5. The van der Waals surface area contributed by atoms with Gasteiger partial charge >= 0.3 is 0 Å². The van der Waals surface area contributed by atoms with Gasteiger partial charge in [-0.2, -0.15) is 5.26 Å². The summed E-state index contributed by atoms with van der Waals surface area (Å²) in [5, 5.41) is 30.8. The van der Waals surface area contributed by atoms with E-state index in [1.165, 1.54) is 37.5 Å². The van der Waals surface area contributed by atoms with E-state index >= 15 is 0 Å². The van der Waals surface area contributed by atoms with Crippen LogP contribution in [-0.2, 0) is 4.79 Å². The third-order valence-corrected chi connectivity index (χ3v) is 3.00. The number of carbonyl (C=O) groups excluding carboxylic acids is 1. The average molecular weight is 310 g/mol. The largest absolute Gasteiger partial charge is 0.508 e. The molecule has 0 saturated heterocycles. The molecule has 0 aromatic heterocycles. The molecule has 0 fully saturated rings. The van der Waals surface area contributed by atoms with Crippen LogP contribution in [0.2, 0.25) is 0 Å². The Labute approximate surface area is 132 Å². The van der Waals surface area contributed by atoms with Crippen LogP contribution in [0.5, 0.6) is 17.2 Å². The van der Waals surface area contributed by atoms with Gasteiger partial charge in [-0.25, -0.2) is 0 Å². The number of phenols is 2. The number of anilines is 1. The summed E-state index contributed by atoms with van der Waals surface area (Å²) >= 11 is 0. The normalized spacial score (nSPS) is 10.7. The molecule has 2 aromatic carbocycles. The highest BCUT2D eigenvalue weighted by atomic mass is 16.5. The standard InChI is InChI=1S/C17H14N2O4/c1-23-15-5-6-16(21)11(8-15)7-12(10-18)17(22)19-13-3-2-4-14(20)9-13/h2-9,20-21H,1H3,(H,19,22)/b12-7+. The summed E-state index contributed by atoms with van der Waals surface area (Å²) in [6.45, 7) is 0. The lowest BCUT2D eigenvalue weighted by Crippen LogP contribution is -2.13. The summed E-state index contributed by atoms with van der Waals surface area (Å²) < 4.78 is 5.04. The number of aromatic hydroxyl groups is 2. The molecule has 2 aromatic rings. The molecule has 0 aliphatic rings. The van der Waals surface area contributed by atoms with E-state index in [1.807, 2.05) is 0 Å². The van der Waals surface area contributed by atoms with Gasteiger partial charge in [-0.15, -0.1) is 0 Å². The van der Waals surface area contributed by atoms with E-state index in [2.05, 4.69) is 5.32 Å². The molecule has 0 radical (unpaired) electrons. The topological polar surface area (TPSA) is 103 Å². The van der Waals surface area contributed by atoms with E-state index in [9.17, 15) is 15.0 Å². The third kappa shape index (κ3) is 4.02. The zero-order valence-electron chi connectivity index (χ0n) is 12.3. The molecule has 0 aliphatic heterocycles. The van der Waals surface area contributed by atoms with Crippen LogP contribution in [0.1, 0.15) is 5.56 Å². The second-order valence-corrected chi connectivity index (χ2v) is 4.60. The molecule has 23 heavy (non-hydrogen) atoms. The third-order valence-electron chi connectivity index (χ3n) is 3.00. The molecule has 0 unspecified atom stereocenters. The Morgan fingerprint density at radius 2 is 2.04 bits per heavy atom. The predicted octanol–water partition coefficient (Wildman–Crippen LogP) is 2.65. The lowest BCUT2D eigenvalue weighted by Gasteiger charge is -2.06. The van der Waals surface area contributed by atoms with Gasteiger partial charge in [-0.1, -0.05) is 6.07 Å². The van der Waals surface area contributed by atoms with Crippen molar-refractivity contribution in [2.75, 3.05) is 12.4 Å². The average Bonchev–Trinajstić information content (AvgIpc) is 2.54. The van der Waals surface area contributed by atoms with Crippen LogP contribution >= 0.6 is 0 Å². The molecule has 0 bridgehead atoms. The van der Waals surface area contributed by atoms with Crippen LogP contribution < -0.4 is 10.1 Å². The molecule has 0 aliphatic carbocycles. The fourth-order valence-electron chi connectivity index (χ4n) is 1.86. The number of amides is 1. The fourth-order valence-corrected chi connectivity index (χ4v) is 1.86. The Morgan fingerprint density at radius 1 is 1.26 bits per heavy atom. The van der Waals surface area contributed by atoms with Crippen molar-refractivity contribution >= 4 is 17.7 Å². The summed E-state index contributed by atoms with van der Waals surface area (Å²) in [7, 11) is 1.47. The molecule has 116 valence electrons. The maximum atomic E-state index is 12.1. The Balaban J connectivity index is 2.28. The number of nitrogens with one attached hydrogen (secondary N) is 1. The lowest BCUT2D eigenvalue weighted by atomic mass is 10.1. The summed E-state index contributed by atoms with van der Waals surface area (Å²) in [6, 6.07) is 12.2. The van der Waals surface area contributed by atoms with Crippen LogP contribution in [0, 0.1) is 11.3 Å². The predicted molar refractivity (Wildman–Crippen MR) is 85.0 cm³/mol. The van der Waals surface area contributed by atoms with Gasteiger partial charge in [0, 0.05) is 17.3 Å². The molecule has 2 rings (SSSR count). The van der Waals surface area contributed by atoms with E-state index < -0.39 is 5.91 Å². The van der Waals surface area contributed by atoms with Gasteiger partial charge in [-0.3, -0.25) is 4.79 Å². The minimum atomic E-state index is -0.652. The highest BCUT2D eigenvalue weighted by Gasteiger charge is 2.11. The molecule has 0 atom stereocenters. The van der Waals surface area contributed by atoms with Crippen LogP contribution in [0.3, 0.4) is 0 Å². The van der Waals surface area contributed by atoms with E-state index in [0.717, 1.165) is 0 Å². The van der Waals surface area contributed by atoms with Gasteiger partial charge in [0.2, 0.25) is 0 Å². The molecule has 3 N–H and O–H groups in total. The van der Waals surface area contributed by atoms with Crippen molar-refractivity contribution in [2.45, 2.75) is 0 Å². The number of ether oxygens (including phenoxy) is 1. The Bertz CT molecular complexity index is 806. The molecular formula is C17H14N2O4. The maximum Gasteiger partial charge on any atom is 0.266 e. The van der Waals surface area contributed by atoms with Crippen molar-refractivity contribution in [2.24, 2.45) is 0 Å². The Kier molecular flexibility index (Phi) is 4.85. The number of rotatable bonds is 4. The number of phenolic OH excluding ortho intramolecular Hbond substituents is 2. The number of hydrogen-bond donors (Lipinski definition) is 3. The van der Waals surface area contributed by atoms with Gasteiger partial charge in [0.25, 0.3) is 5.91 Å². The lowest BCUT2D eigenvalue weighted by molar-refractivity contribution is -0.112. The second kappa shape index (κ2) is 7.00. The second-order valence-electron chi connectivity index (χ2n) is 4.60. The Morgan fingerprint density at radius 3 is 2.70 bits per heavy atom. The zero-order chi connectivity index (χ0) is 16.8. The van der Waals surface area contributed by atoms with Gasteiger partial charge < -0.3 is 20.3 Å². The fraction of sp³-hybridized carbons (Fsp3) is 0.0588. The molecule has 6 heteroatoms. The first-order valence-electron chi connectivity index (χ1n) is 6.62. The van der Waals surface area contributed by atoms with E-state index in [-0.39, 0.29) is 22.6 Å². The van der Waals surface area contributed by atoms with Crippen LogP contribution in [-0.4, -0.2) is 23.2 Å². The van der Waals surface area contributed by atoms with Crippen molar-refractivity contribution in [1.29, 1.82) is 5.26 Å². The first-order valence-corrected chi connectivity index (χ1v) is 6.62. The van der Waals surface area contributed by atoms with Crippen molar-refractivity contribution in [3.05, 3.63) is 53.6 Å². The Hall–Kier alpha value is -3.46. The van der Waals surface area contributed by atoms with Crippen LogP contribution in [0.15, 0.2) is 48.0 Å². The maximum absolute atomic E-state index is 12.1. The van der Waals surface area contributed by atoms with E-state index in [4.69, 9.17) is 10.00 Å². The minimum Gasteiger partial charge on any atom is -0.508 e. The van der Waals surface area contributed by atoms with Gasteiger partial charge in [0.1, 0.15) is 28.9 Å². The smallest absolute Gasteiger partial charge is 0.266 e.